The van der Waals surface area contributed by atoms with Crippen LogP contribution >= 0.6 is 0 Å². The van der Waals surface area contributed by atoms with E-state index in [0.29, 0.717) is 18.5 Å². The highest BCUT2D eigenvalue weighted by atomic mass is 19.2. The number of hydrogen-bond acceptors (Lipinski definition) is 5. The molecule has 1 aliphatic heterocycles. The first kappa shape index (κ1) is 18.2. The summed E-state index contributed by atoms with van der Waals surface area (Å²) in [6.45, 7) is 1.93. The number of carbonyl (C=O) groups is 1. The maximum absolute atomic E-state index is 14.0. The lowest BCUT2D eigenvalue weighted by atomic mass is 10.2. The van der Waals surface area contributed by atoms with Crippen molar-refractivity contribution < 1.29 is 23.4 Å². The number of halogens is 2. The molecule has 1 aromatic heterocycles. The minimum Gasteiger partial charge on any atom is -0.435 e. The Morgan fingerprint density at radius 3 is 2.92 bits per heavy atom. The minimum absolute atomic E-state index is 0.0781. The Morgan fingerprint density at radius 2 is 2.19 bits per heavy atom. The molecule has 26 heavy (non-hydrogen) atoms. The highest BCUT2D eigenvalue weighted by Crippen LogP contribution is 2.28. The third-order valence-corrected chi connectivity index (χ3v) is 4.17. The zero-order valence-electron chi connectivity index (χ0n) is 14.1. The van der Waals surface area contributed by atoms with Crippen molar-refractivity contribution in [3.63, 3.8) is 0 Å². The van der Waals surface area contributed by atoms with Gasteiger partial charge >= 0.3 is 0 Å². The highest BCUT2D eigenvalue weighted by Gasteiger charge is 2.28. The second-order valence-corrected chi connectivity index (χ2v) is 6.15. The van der Waals surface area contributed by atoms with E-state index in [1.807, 2.05) is 0 Å². The summed E-state index contributed by atoms with van der Waals surface area (Å²) in [5.74, 6) is -2.52. The Balaban J connectivity index is 1.70. The average Bonchev–Trinajstić information content (AvgIpc) is 3.07. The largest absolute Gasteiger partial charge is 0.435 e. The Morgan fingerprint density at radius 1 is 1.38 bits per heavy atom. The first-order chi connectivity index (χ1) is 12.5. The molecule has 1 aromatic carbocycles. The zero-order chi connectivity index (χ0) is 18.7. The first-order valence-electron chi connectivity index (χ1n) is 8.21. The lowest BCUT2D eigenvalue weighted by molar-refractivity contribution is -0.123. The standard InChI is InChI=1S/C18H19F2N3O3/c1-10-4-5-14(16(20)15(10)19)26-18-11(3-2-6-21-18)8-23-17(25)13-7-12(24)9-22-13/h2-6,12-13,22,24H,7-9H2,1H3,(H,23,25)/t12-,13+/m1/s1. The minimum atomic E-state index is -1.09. The third kappa shape index (κ3) is 3.97. The number of hydrogen-bond donors (Lipinski definition) is 3. The van der Waals surface area contributed by atoms with Gasteiger partial charge in [-0.1, -0.05) is 12.1 Å². The Hall–Kier alpha value is -2.58. The number of carbonyl (C=O) groups excluding carboxylic acids is 1. The van der Waals surface area contributed by atoms with Gasteiger partial charge in [-0.05, 0) is 31.0 Å². The molecule has 1 saturated heterocycles. The molecule has 0 spiro atoms. The monoisotopic (exact) mass is 363 g/mol. The van der Waals surface area contributed by atoms with Crippen LogP contribution in [0.4, 0.5) is 8.78 Å². The van der Waals surface area contributed by atoms with Gasteiger partial charge in [0.15, 0.2) is 11.6 Å². The van der Waals surface area contributed by atoms with E-state index in [1.165, 1.54) is 25.3 Å². The molecule has 6 nitrogen and oxygen atoms in total. The van der Waals surface area contributed by atoms with Gasteiger partial charge in [-0.15, -0.1) is 0 Å². The van der Waals surface area contributed by atoms with E-state index in [-0.39, 0.29) is 29.6 Å². The number of benzene rings is 1. The Bertz CT molecular complexity index is 816. The molecular formula is C18H19F2N3O3. The smallest absolute Gasteiger partial charge is 0.237 e. The van der Waals surface area contributed by atoms with Crippen LogP contribution in [0.25, 0.3) is 0 Å². The summed E-state index contributed by atoms with van der Waals surface area (Å²) < 4.78 is 33.1. The molecule has 8 heteroatoms. The molecule has 0 aliphatic carbocycles. The van der Waals surface area contributed by atoms with E-state index in [2.05, 4.69) is 15.6 Å². The molecule has 0 bridgehead atoms. The number of nitrogens with zero attached hydrogens (tertiary/aromatic N) is 1. The second kappa shape index (κ2) is 7.76. The molecule has 0 saturated carbocycles. The van der Waals surface area contributed by atoms with Crippen LogP contribution in [0, 0.1) is 18.6 Å². The molecule has 2 heterocycles. The van der Waals surface area contributed by atoms with Gasteiger partial charge in [0.25, 0.3) is 0 Å². The molecule has 0 unspecified atom stereocenters. The lowest BCUT2D eigenvalue weighted by Gasteiger charge is -2.14. The molecule has 3 N–H and O–H groups in total. The van der Waals surface area contributed by atoms with Gasteiger partial charge in [0.2, 0.25) is 17.6 Å². The van der Waals surface area contributed by atoms with Gasteiger partial charge in [-0.2, -0.15) is 4.39 Å². The molecule has 2 atom stereocenters. The van der Waals surface area contributed by atoms with Crippen LogP contribution in [-0.2, 0) is 11.3 Å². The van der Waals surface area contributed by atoms with Crippen molar-refractivity contribution in [2.45, 2.75) is 32.0 Å². The summed E-state index contributed by atoms with van der Waals surface area (Å²) in [4.78, 5) is 16.2. The number of ether oxygens (including phenoxy) is 1. The van der Waals surface area contributed by atoms with E-state index in [1.54, 1.807) is 12.1 Å². The summed E-state index contributed by atoms with van der Waals surface area (Å²) in [6, 6.07) is 5.60. The number of aliphatic hydroxyl groups excluding tert-OH is 1. The van der Waals surface area contributed by atoms with Gasteiger partial charge in [-0.25, -0.2) is 9.37 Å². The molecule has 1 amide bonds. The molecule has 1 fully saturated rings. The van der Waals surface area contributed by atoms with Crippen molar-refractivity contribution in [1.82, 2.24) is 15.6 Å². The fourth-order valence-corrected chi connectivity index (χ4v) is 2.68. The van der Waals surface area contributed by atoms with Crippen LogP contribution in [0.2, 0.25) is 0 Å². The predicted molar refractivity (Wildman–Crippen MR) is 89.7 cm³/mol. The topological polar surface area (TPSA) is 83.5 Å². The van der Waals surface area contributed by atoms with E-state index in [4.69, 9.17) is 4.74 Å². The lowest BCUT2D eigenvalue weighted by Crippen LogP contribution is -2.40. The van der Waals surface area contributed by atoms with E-state index in [0.717, 1.165) is 0 Å². The molecule has 3 rings (SSSR count). The van der Waals surface area contributed by atoms with E-state index >= 15 is 0 Å². The van der Waals surface area contributed by atoms with Crippen molar-refractivity contribution in [3.05, 3.63) is 53.2 Å². The van der Waals surface area contributed by atoms with Gasteiger partial charge in [0, 0.05) is 24.8 Å². The second-order valence-electron chi connectivity index (χ2n) is 6.15. The van der Waals surface area contributed by atoms with Crippen LogP contribution in [0.1, 0.15) is 17.5 Å². The number of rotatable bonds is 5. The number of aromatic nitrogens is 1. The van der Waals surface area contributed by atoms with Crippen molar-refractivity contribution in [2.24, 2.45) is 0 Å². The summed E-state index contributed by atoms with van der Waals surface area (Å²) in [6.07, 6.45) is 1.26. The number of amides is 1. The van der Waals surface area contributed by atoms with Crippen molar-refractivity contribution >= 4 is 5.91 Å². The maximum atomic E-state index is 14.0. The quantitative estimate of drug-likeness (QED) is 0.755. The van der Waals surface area contributed by atoms with Crippen molar-refractivity contribution in [1.29, 1.82) is 0 Å². The Labute approximate surface area is 149 Å². The SMILES string of the molecule is Cc1ccc(Oc2ncccc2CNC(=O)[C@@H]2C[C@@H](O)CN2)c(F)c1F. The van der Waals surface area contributed by atoms with E-state index < -0.39 is 23.8 Å². The highest BCUT2D eigenvalue weighted by molar-refractivity contribution is 5.82. The van der Waals surface area contributed by atoms with Crippen LogP contribution in [0.15, 0.2) is 30.5 Å². The number of aryl methyl sites for hydroxylation is 1. The predicted octanol–water partition coefficient (Wildman–Crippen LogP) is 1.80. The molecular weight excluding hydrogens is 344 g/mol. The maximum Gasteiger partial charge on any atom is 0.237 e. The number of aliphatic hydroxyl groups is 1. The summed E-state index contributed by atoms with van der Waals surface area (Å²) in [5.41, 5.74) is 0.689. The van der Waals surface area contributed by atoms with Crippen LogP contribution in [-0.4, -0.2) is 34.7 Å². The van der Waals surface area contributed by atoms with Gasteiger partial charge in [0.1, 0.15) is 0 Å². The summed E-state index contributed by atoms with van der Waals surface area (Å²) >= 11 is 0. The molecule has 0 radical (unpaired) electrons. The number of pyridine rings is 1. The van der Waals surface area contributed by atoms with Crippen LogP contribution < -0.4 is 15.4 Å². The number of β-amino-alcohol motifs (C(OH)–C–C–N with tert-alkyl or cyclic N) is 1. The van der Waals surface area contributed by atoms with E-state index in [9.17, 15) is 18.7 Å². The molecule has 2 aromatic rings. The molecule has 138 valence electrons. The number of nitrogens with one attached hydrogen (secondary N) is 2. The van der Waals surface area contributed by atoms with Gasteiger partial charge in [-0.3, -0.25) is 4.79 Å². The van der Waals surface area contributed by atoms with Gasteiger partial charge < -0.3 is 20.5 Å². The fraction of sp³-hybridized carbons (Fsp3) is 0.333. The van der Waals surface area contributed by atoms with Crippen LogP contribution in [0.5, 0.6) is 11.6 Å². The first-order valence-corrected chi connectivity index (χ1v) is 8.21. The van der Waals surface area contributed by atoms with Gasteiger partial charge in [0.05, 0.1) is 12.1 Å². The van der Waals surface area contributed by atoms with Crippen LogP contribution in [0.3, 0.4) is 0 Å². The fourth-order valence-electron chi connectivity index (χ4n) is 2.68. The van der Waals surface area contributed by atoms with Crippen molar-refractivity contribution in [3.8, 4) is 11.6 Å². The zero-order valence-corrected chi connectivity index (χ0v) is 14.1. The summed E-state index contributed by atoms with van der Waals surface area (Å²) in [5, 5.41) is 15.1. The average molecular weight is 363 g/mol. The van der Waals surface area contributed by atoms with Crippen molar-refractivity contribution in [2.75, 3.05) is 6.54 Å². The molecule has 1 aliphatic rings. The summed E-state index contributed by atoms with van der Waals surface area (Å²) in [7, 11) is 0. The third-order valence-electron chi connectivity index (χ3n) is 4.17. The Kier molecular flexibility index (Phi) is 5.43. The normalized spacial score (nSPS) is 19.4.